The van der Waals surface area contributed by atoms with Gasteiger partial charge in [0.2, 0.25) is 0 Å². The van der Waals surface area contributed by atoms with Crippen molar-refractivity contribution < 1.29 is 0 Å². The lowest BCUT2D eigenvalue weighted by molar-refractivity contribution is 0.963. The Morgan fingerprint density at radius 3 is 2.18 bits per heavy atom. The molecule has 1 aliphatic rings. The zero-order valence-electron chi connectivity index (χ0n) is 24.6. The number of anilines is 2. The summed E-state index contributed by atoms with van der Waals surface area (Å²) in [5.41, 5.74) is 11.9. The van der Waals surface area contributed by atoms with E-state index in [2.05, 4.69) is 150 Å². The molecule has 0 atom stereocenters. The van der Waals surface area contributed by atoms with Gasteiger partial charge in [0, 0.05) is 38.0 Å². The van der Waals surface area contributed by atoms with Crippen molar-refractivity contribution >= 4 is 66.1 Å². The Hall–Kier alpha value is -5.51. The molecule has 45 heavy (non-hydrogen) atoms. The topological polar surface area (TPSA) is 15.6 Å². The Labute approximate surface area is 266 Å². The molecule has 8 aromatic rings. The Bertz CT molecular complexity index is 2450. The van der Waals surface area contributed by atoms with E-state index in [-0.39, 0.29) is 0 Å². The molecule has 1 aromatic heterocycles. The van der Waals surface area contributed by atoms with E-state index in [0.717, 1.165) is 17.9 Å². The van der Waals surface area contributed by atoms with Gasteiger partial charge in [-0.2, -0.15) is 0 Å². The van der Waals surface area contributed by atoms with Crippen LogP contribution >= 0.6 is 11.3 Å². The Balaban J connectivity index is 1.22. The molecule has 7 aromatic carbocycles. The molecule has 9 rings (SSSR count). The third-order valence-electron chi connectivity index (χ3n) is 9.13. The van der Waals surface area contributed by atoms with Crippen molar-refractivity contribution in [3.8, 4) is 33.4 Å². The van der Waals surface area contributed by atoms with Gasteiger partial charge < -0.3 is 4.90 Å². The van der Waals surface area contributed by atoms with Crippen molar-refractivity contribution in [2.24, 2.45) is 4.99 Å². The largest absolute Gasteiger partial charge is 0.335 e. The van der Waals surface area contributed by atoms with E-state index in [4.69, 9.17) is 0 Å². The van der Waals surface area contributed by atoms with Gasteiger partial charge in [-0.05, 0) is 99.4 Å². The molecule has 0 radical (unpaired) electrons. The number of thiophene rings is 1. The fourth-order valence-electron chi connectivity index (χ4n) is 6.97. The summed E-state index contributed by atoms with van der Waals surface area (Å²) in [7, 11) is 0. The van der Waals surface area contributed by atoms with E-state index in [1.54, 1.807) is 0 Å². The maximum Gasteiger partial charge on any atom is 0.0859 e. The summed E-state index contributed by atoms with van der Waals surface area (Å²) < 4.78 is 2.67. The maximum atomic E-state index is 4.37. The van der Waals surface area contributed by atoms with Gasteiger partial charge >= 0.3 is 0 Å². The highest BCUT2D eigenvalue weighted by atomic mass is 32.1. The molecule has 0 N–H and O–H groups in total. The van der Waals surface area contributed by atoms with Crippen LogP contribution in [0.5, 0.6) is 0 Å². The number of hydrogen-bond acceptors (Lipinski definition) is 3. The Kier molecular flexibility index (Phi) is 5.93. The molecule has 2 nitrogen and oxygen atoms in total. The fourth-order valence-corrected chi connectivity index (χ4v) is 8.21. The van der Waals surface area contributed by atoms with E-state index in [1.165, 1.54) is 75.6 Å². The van der Waals surface area contributed by atoms with Gasteiger partial charge in [-0.3, -0.25) is 4.99 Å². The molecule has 0 saturated carbocycles. The lowest BCUT2D eigenvalue weighted by Crippen LogP contribution is -2.21. The van der Waals surface area contributed by atoms with Crippen LogP contribution in [0.25, 0.3) is 64.3 Å². The zero-order chi connectivity index (χ0) is 29.9. The number of fused-ring (bicyclic) bond motifs is 7. The van der Waals surface area contributed by atoms with Crippen LogP contribution in [0.1, 0.15) is 5.56 Å². The van der Waals surface area contributed by atoms with Crippen LogP contribution in [0.2, 0.25) is 0 Å². The molecule has 3 heteroatoms. The highest BCUT2D eigenvalue weighted by molar-refractivity contribution is 7.26. The minimum Gasteiger partial charge on any atom is -0.335 e. The SMILES string of the molecule is C=Nc1ccccc1N1Cc2cc3ccccc3cc2-c2cc(-c3cccc(-c4cccc5c4sc4ccccc45)c3)ccc21. The van der Waals surface area contributed by atoms with Crippen molar-refractivity contribution in [3.63, 3.8) is 0 Å². The van der Waals surface area contributed by atoms with Crippen LogP contribution in [-0.2, 0) is 6.54 Å². The first kappa shape index (κ1) is 25.9. The van der Waals surface area contributed by atoms with Crippen LogP contribution in [0.4, 0.5) is 17.1 Å². The maximum absolute atomic E-state index is 4.37. The average molecular weight is 593 g/mol. The molecule has 0 amide bonds. The second kappa shape index (κ2) is 10.3. The first-order valence-corrected chi connectivity index (χ1v) is 16.1. The van der Waals surface area contributed by atoms with E-state index in [9.17, 15) is 0 Å². The van der Waals surface area contributed by atoms with Crippen molar-refractivity contribution in [3.05, 3.63) is 151 Å². The highest BCUT2D eigenvalue weighted by Gasteiger charge is 2.26. The second-order valence-electron chi connectivity index (χ2n) is 11.7. The van der Waals surface area contributed by atoms with Crippen molar-refractivity contribution in [1.82, 2.24) is 0 Å². The van der Waals surface area contributed by atoms with Gasteiger partial charge in [-0.1, -0.05) is 97.1 Å². The summed E-state index contributed by atoms with van der Waals surface area (Å²) in [6.07, 6.45) is 0. The predicted octanol–water partition coefficient (Wildman–Crippen LogP) is 12.2. The molecule has 2 heterocycles. The summed E-state index contributed by atoms with van der Waals surface area (Å²) >= 11 is 1.88. The van der Waals surface area contributed by atoms with Crippen molar-refractivity contribution in [2.45, 2.75) is 6.54 Å². The molecule has 0 saturated heterocycles. The average Bonchev–Trinajstić information content (AvgIpc) is 3.49. The summed E-state index contributed by atoms with van der Waals surface area (Å²) in [4.78, 5) is 6.76. The minimum absolute atomic E-state index is 0.772. The number of para-hydroxylation sites is 2. The number of nitrogens with zero attached hydrogens (tertiary/aromatic N) is 2. The third kappa shape index (κ3) is 4.20. The molecule has 0 bridgehead atoms. The van der Waals surface area contributed by atoms with Crippen LogP contribution < -0.4 is 4.90 Å². The second-order valence-corrected chi connectivity index (χ2v) is 12.7. The van der Waals surface area contributed by atoms with Crippen LogP contribution in [0.15, 0.2) is 151 Å². The smallest absolute Gasteiger partial charge is 0.0859 e. The number of aliphatic imine (C=N–C) groups is 1. The van der Waals surface area contributed by atoms with Crippen LogP contribution in [0, 0.1) is 0 Å². The molecule has 0 spiro atoms. The number of hydrogen-bond donors (Lipinski definition) is 0. The molecular weight excluding hydrogens is 565 g/mol. The molecule has 0 aliphatic carbocycles. The van der Waals surface area contributed by atoms with Gasteiger partial charge in [0.25, 0.3) is 0 Å². The standard InChI is InChI=1S/C42H28N2S/c1-43-38-17-5-6-18-40(38)44-26-32-23-27-10-2-3-11-29(27)24-36(32)37-25-30(20-21-39(37)44)28-12-8-13-31(22-28)33-15-9-16-35-34-14-4-7-19-41(34)45-42(33)35/h2-25H,1,26H2. The quantitative estimate of drug-likeness (QED) is 0.186. The summed E-state index contributed by atoms with van der Waals surface area (Å²) in [6, 6.07) is 53.0. The zero-order valence-corrected chi connectivity index (χ0v) is 25.4. The molecular formula is C42H28N2S. The Morgan fingerprint density at radius 1 is 0.533 bits per heavy atom. The number of rotatable bonds is 4. The summed E-state index contributed by atoms with van der Waals surface area (Å²) in [6.45, 7) is 4.64. The summed E-state index contributed by atoms with van der Waals surface area (Å²) in [5, 5.41) is 5.17. The van der Waals surface area contributed by atoms with Crippen LogP contribution in [-0.4, -0.2) is 6.72 Å². The van der Waals surface area contributed by atoms with Gasteiger partial charge in [-0.25, -0.2) is 0 Å². The van der Waals surface area contributed by atoms with E-state index >= 15 is 0 Å². The lowest BCUT2D eigenvalue weighted by atomic mass is 9.88. The first-order valence-electron chi connectivity index (χ1n) is 15.3. The minimum atomic E-state index is 0.772. The van der Waals surface area contributed by atoms with Crippen LogP contribution in [0.3, 0.4) is 0 Å². The van der Waals surface area contributed by atoms with Gasteiger partial charge in [0.15, 0.2) is 0 Å². The molecule has 212 valence electrons. The van der Waals surface area contributed by atoms with E-state index in [0.29, 0.717) is 0 Å². The van der Waals surface area contributed by atoms with Gasteiger partial charge in [0.1, 0.15) is 0 Å². The summed E-state index contributed by atoms with van der Waals surface area (Å²) in [5.74, 6) is 0. The van der Waals surface area contributed by atoms with Gasteiger partial charge in [-0.15, -0.1) is 11.3 Å². The highest BCUT2D eigenvalue weighted by Crippen LogP contribution is 2.48. The first-order chi connectivity index (χ1) is 22.2. The van der Waals surface area contributed by atoms with E-state index < -0.39 is 0 Å². The predicted molar refractivity (Wildman–Crippen MR) is 195 cm³/mol. The van der Waals surface area contributed by atoms with Gasteiger partial charge in [0.05, 0.1) is 11.4 Å². The number of benzene rings is 7. The van der Waals surface area contributed by atoms with Crippen molar-refractivity contribution in [1.29, 1.82) is 0 Å². The monoisotopic (exact) mass is 592 g/mol. The Morgan fingerprint density at radius 2 is 1.27 bits per heavy atom. The van der Waals surface area contributed by atoms with E-state index in [1.807, 2.05) is 23.5 Å². The fraction of sp³-hybridized carbons (Fsp3) is 0.0238. The molecule has 1 aliphatic heterocycles. The normalized spacial score (nSPS) is 12.4. The molecule has 0 fully saturated rings. The van der Waals surface area contributed by atoms with Crippen molar-refractivity contribution in [2.75, 3.05) is 4.90 Å². The molecule has 0 unspecified atom stereocenters. The lowest BCUT2D eigenvalue weighted by Gasteiger charge is -2.34. The third-order valence-corrected chi connectivity index (χ3v) is 10.4.